The topological polar surface area (TPSA) is 82.6 Å². The van der Waals surface area contributed by atoms with Crippen LogP contribution in [0.5, 0.6) is 0 Å². The van der Waals surface area contributed by atoms with Gasteiger partial charge in [0.1, 0.15) is 6.54 Å². The van der Waals surface area contributed by atoms with E-state index >= 15 is 0 Å². The van der Waals surface area contributed by atoms with Gasteiger partial charge in [0.2, 0.25) is 11.8 Å². The van der Waals surface area contributed by atoms with Gasteiger partial charge < -0.3 is 15.1 Å². The third-order valence-corrected chi connectivity index (χ3v) is 3.92. The summed E-state index contributed by atoms with van der Waals surface area (Å²) >= 11 is 0. The van der Waals surface area contributed by atoms with Crippen LogP contribution >= 0.6 is 0 Å². The van der Waals surface area contributed by atoms with Crippen molar-refractivity contribution in [2.24, 2.45) is 0 Å². The lowest BCUT2D eigenvalue weighted by Gasteiger charge is -2.34. The predicted molar refractivity (Wildman–Crippen MR) is 93.2 cm³/mol. The SMILES string of the molecule is CC(=O)Nc1ccc(C(=O)N2CCN(c3cccnc3)C(=O)C2)cc1. The number of carbonyl (C=O) groups is 3. The average Bonchev–Trinajstić information content (AvgIpc) is 2.62. The molecule has 7 nitrogen and oxygen atoms in total. The van der Waals surface area contributed by atoms with E-state index in [-0.39, 0.29) is 24.3 Å². The fourth-order valence-corrected chi connectivity index (χ4v) is 2.71. The largest absolute Gasteiger partial charge is 0.328 e. The number of nitrogens with one attached hydrogen (secondary N) is 1. The molecule has 1 aliphatic heterocycles. The number of nitrogens with zero attached hydrogens (tertiary/aromatic N) is 3. The standard InChI is InChI=1S/C18H18N4O3/c1-13(23)20-15-6-4-14(5-7-15)18(25)21-9-10-22(17(24)12-21)16-3-2-8-19-11-16/h2-8,11H,9-10,12H2,1H3,(H,20,23). The zero-order chi connectivity index (χ0) is 17.8. The molecule has 25 heavy (non-hydrogen) atoms. The van der Waals surface area contributed by atoms with E-state index in [0.29, 0.717) is 24.3 Å². The molecule has 1 fully saturated rings. The summed E-state index contributed by atoms with van der Waals surface area (Å²) in [4.78, 5) is 43.2. The predicted octanol–water partition coefficient (Wildman–Crippen LogP) is 1.53. The number of amides is 3. The van der Waals surface area contributed by atoms with Gasteiger partial charge in [0.05, 0.1) is 11.9 Å². The molecule has 0 bridgehead atoms. The smallest absolute Gasteiger partial charge is 0.254 e. The Morgan fingerprint density at radius 2 is 1.88 bits per heavy atom. The molecule has 2 aromatic rings. The third-order valence-electron chi connectivity index (χ3n) is 3.92. The normalized spacial score (nSPS) is 14.4. The van der Waals surface area contributed by atoms with Crippen molar-refractivity contribution >= 4 is 29.1 Å². The number of piperazine rings is 1. The summed E-state index contributed by atoms with van der Waals surface area (Å²) in [5, 5.41) is 2.65. The molecule has 1 N–H and O–H groups in total. The molecule has 128 valence electrons. The second-order valence-corrected chi connectivity index (χ2v) is 5.74. The first-order chi connectivity index (χ1) is 12.0. The highest BCUT2D eigenvalue weighted by atomic mass is 16.2. The minimum absolute atomic E-state index is 0.0289. The van der Waals surface area contributed by atoms with E-state index in [4.69, 9.17) is 0 Å². The fourth-order valence-electron chi connectivity index (χ4n) is 2.71. The second-order valence-electron chi connectivity index (χ2n) is 5.74. The molecule has 1 aromatic carbocycles. The zero-order valence-corrected chi connectivity index (χ0v) is 13.8. The molecule has 2 heterocycles. The molecule has 0 unspecified atom stereocenters. The van der Waals surface area contributed by atoms with E-state index in [1.54, 1.807) is 47.6 Å². The molecule has 1 aliphatic rings. The van der Waals surface area contributed by atoms with Crippen LogP contribution in [0.15, 0.2) is 48.8 Å². The molecule has 3 amide bonds. The highest BCUT2D eigenvalue weighted by Gasteiger charge is 2.28. The van der Waals surface area contributed by atoms with Crippen molar-refractivity contribution in [1.82, 2.24) is 9.88 Å². The Hall–Kier alpha value is -3.22. The van der Waals surface area contributed by atoms with Gasteiger partial charge in [-0.2, -0.15) is 0 Å². The number of rotatable bonds is 3. The maximum atomic E-state index is 12.6. The minimum Gasteiger partial charge on any atom is -0.328 e. The van der Waals surface area contributed by atoms with Gasteiger partial charge in [-0.3, -0.25) is 19.4 Å². The summed E-state index contributed by atoms with van der Waals surface area (Å²) in [6.45, 7) is 2.33. The Kier molecular flexibility index (Phi) is 4.74. The lowest BCUT2D eigenvalue weighted by Crippen LogP contribution is -2.52. The highest BCUT2D eigenvalue weighted by Crippen LogP contribution is 2.18. The molecule has 0 atom stereocenters. The van der Waals surface area contributed by atoms with Crippen molar-refractivity contribution in [3.05, 3.63) is 54.4 Å². The van der Waals surface area contributed by atoms with E-state index in [1.165, 1.54) is 11.8 Å². The zero-order valence-electron chi connectivity index (χ0n) is 13.8. The van der Waals surface area contributed by atoms with Crippen LogP contribution in [-0.4, -0.2) is 47.2 Å². The number of anilines is 2. The lowest BCUT2D eigenvalue weighted by atomic mass is 10.1. The highest BCUT2D eigenvalue weighted by molar-refractivity contribution is 6.02. The maximum Gasteiger partial charge on any atom is 0.254 e. The van der Waals surface area contributed by atoms with Gasteiger partial charge in [-0.05, 0) is 36.4 Å². The Labute approximate surface area is 145 Å². The third kappa shape index (κ3) is 3.82. The van der Waals surface area contributed by atoms with Crippen molar-refractivity contribution in [2.75, 3.05) is 29.9 Å². The van der Waals surface area contributed by atoms with Crippen molar-refractivity contribution in [3.63, 3.8) is 0 Å². The molecule has 7 heteroatoms. The van der Waals surface area contributed by atoms with Crippen molar-refractivity contribution in [3.8, 4) is 0 Å². The monoisotopic (exact) mass is 338 g/mol. The van der Waals surface area contributed by atoms with Crippen LogP contribution in [0.1, 0.15) is 17.3 Å². The molecule has 0 spiro atoms. The van der Waals surface area contributed by atoms with Crippen LogP contribution < -0.4 is 10.2 Å². The van der Waals surface area contributed by atoms with Crippen molar-refractivity contribution in [1.29, 1.82) is 0 Å². The Morgan fingerprint density at radius 1 is 1.12 bits per heavy atom. The molecular formula is C18H18N4O3. The summed E-state index contributed by atoms with van der Waals surface area (Å²) in [5.41, 5.74) is 1.84. The van der Waals surface area contributed by atoms with E-state index in [9.17, 15) is 14.4 Å². The molecule has 0 aliphatic carbocycles. The quantitative estimate of drug-likeness (QED) is 0.920. The van der Waals surface area contributed by atoms with E-state index < -0.39 is 0 Å². The number of hydrogen-bond donors (Lipinski definition) is 1. The van der Waals surface area contributed by atoms with Gasteiger partial charge >= 0.3 is 0 Å². The number of hydrogen-bond acceptors (Lipinski definition) is 4. The van der Waals surface area contributed by atoms with E-state index in [1.807, 2.05) is 6.07 Å². The number of aromatic nitrogens is 1. The number of benzene rings is 1. The van der Waals surface area contributed by atoms with Crippen molar-refractivity contribution in [2.45, 2.75) is 6.92 Å². The molecule has 1 aromatic heterocycles. The Bertz CT molecular complexity index is 790. The summed E-state index contributed by atoms with van der Waals surface area (Å²) in [6.07, 6.45) is 3.29. The van der Waals surface area contributed by atoms with Crippen LogP contribution in [0.3, 0.4) is 0 Å². The van der Waals surface area contributed by atoms with Gasteiger partial charge in [0.25, 0.3) is 5.91 Å². The first-order valence-corrected chi connectivity index (χ1v) is 7.92. The van der Waals surface area contributed by atoms with Crippen LogP contribution in [0.4, 0.5) is 11.4 Å². The van der Waals surface area contributed by atoms with Gasteiger partial charge in [-0.25, -0.2) is 0 Å². The molecule has 3 rings (SSSR count). The number of carbonyl (C=O) groups excluding carboxylic acids is 3. The Balaban J connectivity index is 1.66. The minimum atomic E-state index is -0.200. The maximum absolute atomic E-state index is 12.6. The first kappa shape index (κ1) is 16.6. The summed E-state index contributed by atoms with van der Waals surface area (Å²) in [6, 6.07) is 10.2. The lowest BCUT2D eigenvalue weighted by molar-refractivity contribution is -0.120. The van der Waals surface area contributed by atoms with Gasteiger partial charge in [-0.15, -0.1) is 0 Å². The molecule has 0 saturated carbocycles. The van der Waals surface area contributed by atoms with Crippen molar-refractivity contribution < 1.29 is 14.4 Å². The van der Waals surface area contributed by atoms with Crippen LogP contribution in [0.2, 0.25) is 0 Å². The average molecular weight is 338 g/mol. The van der Waals surface area contributed by atoms with Crippen LogP contribution in [0.25, 0.3) is 0 Å². The first-order valence-electron chi connectivity index (χ1n) is 7.92. The van der Waals surface area contributed by atoms with Gasteiger partial charge in [0, 0.05) is 37.5 Å². The summed E-state index contributed by atoms with van der Waals surface area (Å²) < 4.78 is 0. The molecular weight excluding hydrogens is 320 g/mol. The fraction of sp³-hybridized carbons (Fsp3) is 0.222. The van der Waals surface area contributed by atoms with Crippen LogP contribution in [0, 0.1) is 0 Å². The number of pyridine rings is 1. The summed E-state index contributed by atoms with van der Waals surface area (Å²) in [7, 11) is 0. The molecule has 0 radical (unpaired) electrons. The van der Waals surface area contributed by atoms with Gasteiger partial charge in [-0.1, -0.05) is 0 Å². The van der Waals surface area contributed by atoms with E-state index in [2.05, 4.69) is 10.3 Å². The summed E-state index contributed by atoms with van der Waals surface area (Å²) in [5.74, 6) is -0.507. The molecule has 1 saturated heterocycles. The van der Waals surface area contributed by atoms with Crippen LogP contribution in [-0.2, 0) is 9.59 Å². The van der Waals surface area contributed by atoms with Gasteiger partial charge in [0.15, 0.2) is 0 Å². The van der Waals surface area contributed by atoms with E-state index in [0.717, 1.165) is 5.69 Å². The second kappa shape index (κ2) is 7.12. The Morgan fingerprint density at radius 3 is 2.48 bits per heavy atom.